The van der Waals surface area contributed by atoms with E-state index in [0.29, 0.717) is 5.75 Å². The number of benzene rings is 1. The summed E-state index contributed by atoms with van der Waals surface area (Å²) in [6.45, 7) is 3.44. The van der Waals surface area contributed by atoms with Crippen LogP contribution in [0.25, 0.3) is 0 Å². The maximum absolute atomic E-state index is 11.7. The summed E-state index contributed by atoms with van der Waals surface area (Å²) in [4.78, 5) is 23.1. The summed E-state index contributed by atoms with van der Waals surface area (Å²) < 4.78 is 10.0. The number of ether oxygens (including phenoxy) is 2. The molecule has 1 rings (SSSR count). The van der Waals surface area contributed by atoms with E-state index in [0.717, 1.165) is 0 Å². The highest BCUT2D eigenvalue weighted by atomic mass is 16.5. The van der Waals surface area contributed by atoms with Crippen LogP contribution in [0.4, 0.5) is 0 Å². The van der Waals surface area contributed by atoms with E-state index in [2.05, 4.69) is 10.1 Å². The van der Waals surface area contributed by atoms with Crippen LogP contribution < -0.4 is 10.1 Å². The molecule has 0 radical (unpaired) electrons. The topological polar surface area (TPSA) is 64.6 Å². The van der Waals surface area contributed by atoms with Crippen LogP contribution in [0.3, 0.4) is 0 Å². The van der Waals surface area contributed by atoms with E-state index in [-0.39, 0.29) is 18.9 Å². The van der Waals surface area contributed by atoms with E-state index in [4.69, 9.17) is 4.74 Å². The Morgan fingerprint density at radius 2 is 1.84 bits per heavy atom. The molecule has 0 unspecified atom stereocenters. The lowest BCUT2D eigenvalue weighted by molar-refractivity contribution is -0.149. The zero-order valence-corrected chi connectivity index (χ0v) is 11.4. The van der Waals surface area contributed by atoms with E-state index in [9.17, 15) is 9.59 Å². The molecule has 0 saturated carbocycles. The highest BCUT2D eigenvalue weighted by molar-refractivity contribution is 5.87. The molecule has 104 valence electrons. The fourth-order valence-corrected chi connectivity index (χ4v) is 1.50. The zero-order chi connectivity index (χ0) is 14.3. The number of hydrogen-bond donors (Lipinski definition) is 1. The zero-order valence-electron chi connectivity index (χ0n) is 11.4. The minimum atomic E-state index is -1.03. The molecule has 0 aliphatic rings. The molecular formula is C14H19NO4. The third-order valence-electron chi connectivity index (χ3n) is 2.49. The summed E-state index contributed by atoms with van der Waals surface area (Å²) in [6, 6.07) is 9.23. The first kappa shape index (κ1) is 15.0. The Kier molecular flexibility index (Phi) is 5.36. The molecule has 0 atom stereocenters. The van der Waals surface area contributed by atoms with Gasteiger partial charge in [-0.05, 0) is 26.0 Å². The van der Waals surface area contributed by atoms with Crippen molar-refractivity contribution in [1.82, 2.24) is 5.32 Å². The fraction of sp³-hybridized carbons (Fsp3) is 0.429. The molecule has 0 aromatic heterocycles. The number of rotatable bonds is 6. The van der Waals surface area contributed by atoms with Crippen LogP contribution in [0.2, 0.25) is 0 Å². The minimum absolute atomic E-state index is 0.176. The summed E-state index contributed by atoms with van der Waals surface area (Å²) >= 11 is 0. The van der Waals surface area contributed by atoms with Crippen LogP contribution in [0, 0.1) is 0 Å². The largest absolute Gasteiger partial charge is 0.493 e. The normalized spacial score (nSPS) is 10.7. The third-order valence-corrected chi connectivity index (χ3v) is 2.49. The highest BCUT2D eigenvalue weighted by Crippen LogP contribution is 2.09. The molecule has 0 saturated heterocycles. The van der Waals surface area contributed by atoms with E-state index in [1.165, 1.54) is 7.11 Å². The molecular weight excluding hydrogens is 246 g/mol. The van der Waals surface area contributed by atoms with Gasteiger partial charge in [0.1, 0.15) is 11.3 Å². The van der Waals surface area contributed by atoms with Crippen LogP contribution >= 0.6 is 0 Å². The lowest BCUT2D eigenvalue weighted by Gasteiger charge is -2.23. The number of amides is 1. The first-order valence-corrected chi connectivity index (χ1v) is 6.03. The number of para-hydroxylation sites is 1. The van der Waals surface area contributed by atoms with Gasteiger partial charge in [-0.15, -0.1) is 0 Å². The number of esters is 1. The van der Waals surface area contributed by atoms with Crippen LogP contribution in [0.5, 0.6) is 5.75 Å². The lowest BCUT2D eigenvalue weighted by atomic mass is 10.1. The highest BCUT2D eigenvalue weighted by Gasteiger charge is 2.30. The number of methoxy groups -OCH3 is 1. The predicted molar refractivity (Wildman–Crippen MR) is 70.8 cm³/mol. The minimum Gasteiger partial charge on any atom is -0.493 e. The number of hydrogen-bond acceptors (Lipinski definition) is 4. The van der Waals surface area contributed by atoms with Crippen LogP contribution in [-0.2, 0) is 14.3 Å². The second kappa shape index (κ2) is 6.78. The quantitative estimate of drug-likeness (QED) is 0.792. The Morgan fingerprint density at radius 1 is 1.21 bits per heavy atom. The Bertz CT molecular complexity index is 428. The van der Waals surface area contributed by atoms with Gasteiger partial charge in [-0.2, -0.15) is 0 Å². The monoisotopic (exact) mass is 265 g/mol. The summed E-state index contributed by atoms with van der Waals surface area (Å²) in [5.74, 6) is -0.0290. The third kappa shape index (κ3) is 4.99. The van der Waals surface area contributed by atoms with Gasteiger partial charge < -0.3 is 14.8 Å². The summed E-state index contributed by atoms with van der Waals surface area (Å²) in [7, 11) is 1.29. The standard InChI is InChI=1S/C14H19NO4/c1-14(2,13(17)18-3)15-12(16)9-10-19-11-7-5-4-6-8-11/h4-8H,9-10H2,1-3H3,(H,15,16). The first-order valence-electron chi connectivity index (χ1n) is 6.03. The molecule has 0 heterocycles. The molecule has 1 amide bonds. The second-order valence-corrected chi connectivity index (χ2v) is 4.58. The van der Waals surface area contributed by atoms with Crippen molar-refractivity contribution in [3.63, 3.8) is 0 Å². The van der Waals surface area contributed by atoms with Gasteiger partial charge in [0.05, 0.1) is 20.1 Å². The van der Waals surface area contributed by atoms with Gasteiger partial charge in [-0.1, -0.05) is 18.2 Å². The number of carbonyl (C=O) groups excluding carboxylic acids is 2. The molecule has 5 heteroatoms. The van der Waals surface area contributed by atoms with Crippen LogP contribution in [0.15, 0.2) is 30.3 Å². The predicted octanol–water partition coefficient (Wildman–Crippen LogP) is 1.52. The molecule has 0 fully saturated rings. The SMILES string of the molecule is COC(=O)C(C)(C)NC(=O)CCOc1ccccc1. The maximum atomic E-state index is 11.7. The van der Waals surface area contributed by atoms with E-state index in [1.54, 1.807) is 13.8 Å². The molecule has 1 aromatic carbocycles. The average Bonchev–Trinajstić information content (AvgIpc) is 2.38. The Balaban J connectivity index is 2.34. The van der Waals surface area contributed by atoms with Gasteiger partial charge in [0, 0.05) is 0 Å². The Hall–Kier alpha value is -2.04. The molecule has 19 heavy (non-hydrogen) atoms. The van der Waals surface area contributed by atoms with Crippen molar-refractivity contribution >= 4 is 11.9 Å². The summed E-state index contributed by atoms with van der Waals surface area (Å²) in [5, 5.41) is 2.60. The van der Waals surface area contributed by atoms with Crippen molar-refractivity contribution < 1.29 is 19.1 Å². The fourth-order valence-electron chi connectivity index (χ4n) is 1.50. The molecule has 0 aliphatic carbocycles. The molecule has 0 aliphatic heterocycles. The van der Waals surface area contributed by atoms with Gasteiger partial charge in [0.2, 0.25) is 5.91 Å². The summed E-state index contributed by atoms with van der Waals surface area (Å²) in [6.07, 6.45) is 0.176. The van der Waals surface area contributed by atoms with Crippen molar-refractivity contribution in [1.29, 1.82) is 0 Å². The Labute approximate surface area is 112 Å². The maximum Gasteiger partial charge on any atom is 0.330 e. The van der Waals surface area contributed by atoms with Crippen molar-refractivity contribution in [2.75, 3.05) is 13.7 Å². The number of nitrogens with one attached hydrogen (secondary N) is 1. The van der Waals surface area contributed by atoms with Crippen molar-refractivity contribution in [3.8, 4) is 5.75 Å². The van der Waals surface area contributed by atoms with Gasteiger partial charge in [0.15, 0.2) is 0 Å². The van der Waals surface area contributed by atoms with Crippen LogP contribution in [-0.4, -0.2) is 31.1 Å². The molecule has 0 bridgehead atoms. The van der Waals surface area contributed by atoms with Gasteiger partial charge in [0.25, 0.3) is 0 Å². The van der Waals surface area contributed by atoms with Gasteiger partial charge in [-0.25, -0.2) is 4.79 Å². The summed E-state index contributed by atoms with van der Waals surface area (Å²) in [5.41, 5.74) is -1.03. The van der Waals surface area contributed by atoms with Crippen LogP contribution in [0.1, 0.15) is 20.3 Å². The van der Waals surface area contributed by atoms with E-state index in [1.807, 2.05) is 30.3 Å². The molecule has 1 aromatic rings. The van der Waals surface area contributed by atoms with Crippen molar-refractivity contribution in [3.05, 3.63) is 30.3 Å². The van der Waals surface area contributed by atoms with E-state index < -0.39 is 11.5 Å². The van der Waals surface area contributed by atoms with Gasteiger partial charge in [-0.3, -0.25) is 4.79 Å². The average molecular weight is 265 g/mol. The molecule has 5 nitrogen and oxygen atoms in total. The Morgan fingerprint density at radius 3 is 2.42 bits per heavy atom. The first-order chi connectivity index (χ1) is 8.95. The van der Waals surface area contributed by atoms with Crippen molar-refractivity contribution in [2.24, 2.45) is 0 Å². The smallest absolute Gasteiger partial charge is 0.330 e. The molecule has 1 N–H and O–H groups in total. The van der Waals surface area contributed by atoms with E-state index >= 15 is 0 Å². The molecule has 0 spiro atoms. The number of carbonyl (C=O) groups is 2. The lowest BCUT2D eigenvalue weighted by Crippen LogP contribution is -2.50. The van der Waals surface area contributed by atoms with Gasteiger partial charge >= 0.3 is 5.97 Å². The second-order valence-electron chi connectivity index (χ2n) is 4.58. The van der Waals surface area contributed by atoms with Crippen molar-refractivity contribution in [2.45, 2.75) is 25.8 Å².